The van der Waals surface area contributed by atoms with Crippen LogP contribution in [0.1, 0.15) is 29.5 Å². The lowest BCUT2D eigenvalue weighted by Gasteiger charge is -2.21. The van der Waals surface area contributed by atoms with E-state index in [-0.39, 0.29) is 6.10 Å². The van der Waals surface area contributed by atoms with Crippen molar-refractivity contribution in [2.45, 2.75) is 25.4 Å². The second-order valence-corrected chi connectivity index (χ2v) is 6.59. The van der Waals surface area contributed by atoms with Crippen molar-refractivity contribution < 1.29 is 9.53 Å². The highest BCUT2D eigenvalue weighted by atomic mass is 32.1. The number of aromatic nitrogens is 3. The number of rotatable bonds is 3. The zero-order valence-electron chi connectivity index (χ0n) is 12.9. The topological polar surface area (TPSA) is 69.0 Å². The third-order valence-electron chi connectivity index (χ3n) is 3.88. The monoisotopic (exact) mass is 340 g/mol. The van der Waals surface area contributed by atoms with Crippen molar-refractivity contribution in [1.82, 2.24) is 14.5 Å². The Morgan fingerprint density at radius 2 is 2.21 bits per heavy atom. The van der Waals surface area contributed by atoms with Crippen molar-refractivity contribution >= 4 is 28.2 Å². The maximum atomic E-state index is 12.2. The van der Waals surface area contributed by atoms with Crippen molar-refractivity contribution in [3.8, 4) is 0 Å². The van der Waals surface area contributed by atoms with Crippen molar-refractivity contribution in [2.75, 3.05) is 5.32 Å². The Labute approximate surface area is 143 Å². The van der Waals surface area contributed by atoms with E-state index in [1.54, 1.807) is 23.7 Å². The molecule has 0 saturated heterocycles. The predicted octanol–water partition coefficient (Wildman–Crippen LogP) is 4.15. The molecule has 2 aromatic heterocycles. The number of ether oxygens (including phenoxy) is 1. The Morgan fingerprint density at radius 3 is 3.00 bits per heavy atom. The molecule has 0 bridgehead atoms. The molecule has 7 heteroatoms. The normalized spacial score (nSPS) is 16.4. The van der Waals surface area contributed by atoms with Crippen molar-refractivity contribution in [1.29, 1.82) is 0 Å². The summed E-state index contributed by atoms with van der Waals surface area (Å²) in [5.74, 6) is 0. The second-order valence-electron chi connectivity index (χ2n) is 5.56. The van der Waals surface area contributed by atoms with Crippen LogP contribution in [0.4, 0.5) is 15.6 Å². The number of carbonyl (C=O) groups excluding carboxylic acids is 1. The molecule has 2 heterocycles. The largest absolute Gasteiger partial charge is 0.440 e. The fraction of sp³-hybridized carbons (Fsp3) is 0.235. The molecule has 122 valence electrons. The van der Waals surface area contributed by atoms with Gasteiger partial charge in [0.05, 0.1) is 10.6 Å². The number of carbonyl (C=O) groups is 1. The van der Waals surface area contributed by atoms with Gasteiger partial charge in [-0.1, -0.05) is 29.5 Å². The summed E-state index contributed by atoms with van der Waals surface area (Å²) >= 11 is 1.55. The van der Waals surface area contributed by atoms with Crippen LogP contribution in [0.2, 0.25) is 0 Å². The molecule has 0 fully saturated rings. The summed E-state index contributed by atoms with van der Waals surface area (Å²) in [5, 5.41) is 4.14. The minimum atomic E-state index is -0.406. The molecule has 0 aliphatic heterocycles. The first-order valence-corrected chi connectivity index (χ1v) is 8.62. The smallest absolute Gasteiger partial charge is 0.419 e. The number of fused-ring (bicyclic) bond motifs is 1. The molecular formula is C17H16N4O2S. The summed E-state index contributed by atoms with van der Waals surface area (Å²) in [6.45, 7) is 0. The minimum Gasteiger partial charge on any atom is -0.440 e. The Bertz CT molecular complexity index is 830. The number of imidazole rings is 1. The second kappa shape index (κ2) is 6.45. The van der Waals surface area contributed by atoms with Gasteiger partial charge in [-0.05, 0) is 31.4 Å². The van der Waals surface area contributed by atoms with E-state index < -0.39 is 6.09 Å². The molecule has 0 amide bonds. The molecule has 1 aliphatic rings. The number of aryl methyl sites for hydroxylation is 1. The lowest BCUT2D eigenvalue weighted by molar-refractivity contribution is 0.0904. The number of hydrogen-bond donors (Lipinski definition) is 1. The molecular weight excluding hydrogens is 324 g/mol. The Hall–Kier alpha value is -2.67. The number of nitrogens with zero attached hydrogens (tertiary/aromatic N) is 3. The predicted molar refractivity (Wildman–Crippen MR) is 91.6 cm³/mol. The molecule has 1 aromatic carbocycles. The van der Waals surface area contributed by atoms with Gasteiger partial charge in [0.2, 0.25) is 0 Å². The minimum absolute atomic E-state index is 0.243. The Balaban J connectivity index is 1.53. The third-order valence-corrected chi connectivity index (χ3v) is 4.99. The van der Waals surface area contributed by atoms with E-state index in [1.165, 1.54) is 10.9 Å². The number of anilines is 2. The van der Waals surface area contributed by atoms with E-state index in [0.717, 1.165) is 40.7 Å². The number of thiazole rings is 1. The van der Waals surface area contributed by atoms with Crippen molar-refractivity contribution in [2.24, 2.45) is 0 Å². The van der Waals surface area contributed by atoms with E-state index >= 15 is 0 Å². The number of benzene rings is 1. The molecule has 0 spiro atoms. The first-order chi connectivity index (χ1) is 11.8. The van der Waals surface area contributed by atoms with Gasteiger partial charge >= 0.3 is 6.09 Å². The SMILES string of the molecule is O=C(OC1CCCc2nc(Nc3ccccc3)sc21)n1ccnc1. The summed E-state index contributed by atoms with van der Waals surface area (Å²) < 4.78 is 7.00. The summed E-state index contributed by atoms with van der Waals surface area (Å²) in [5.41, 5.74) is 2.02. The van der Waals surface area contributed by atoms with Gasteiger partial charge in [0.15, 0.2) is 5.13 Å². The first kappa shape index (κ1) is 14.9. The van der Waals surface area contributed by atoms with E-state index in [9.17, 15) is 4.79 Å². The average Bonchev–Trinajstić information content (AvgIpc) is 3.25. The average molecular weight is 340 g/mol. The lowest BCUT2D eigenvalue weighted by Crippen LogP contribution is -2.18. The molecule has 1 aliphatic carbocycles. The van der Waals surface area contributed by atoms with Crippen LogP contribution >= 0.6 is 11.3 Å². The maximum Gasteiger partial charge on any atom is 0.419 e. The summed E-state index contributed by atoms with van der Waals surface area (Å²) in [4.78, 5) is 21.7. The van der Waals surface area contributed by atoms with Crippen molar-refractivity contribution in [3.63, 3.8) is 0 Å². The highest BCUT2D eigenvalue weighted by molar-refractivity contribution is 7.15. The number of para-hydroxylation sites is 1. The number of hydrogen-bond acceptors (Lipinski definition) is 6. The van der Waals surface area contributed by atoms with Crippen LogP contribution in [0.15, 0.2) is 49.1 Å². The van der Waals surface area contributed by atoms with E-state index in [4.69, 9.17) is 4.74 Å². The highest BCUT2D eigenvalue weighted by Gasteiger charge is 2.28. The maximum absolute atomic E-state index is 12.2. The van der Waals surface area contributed by atoms with Gasteiger partial charge in [0, 0.05) is 18.1 Å². The van der Waals surface area contributed by atoms with Crippen LogP contribution < -0.4 is 5.32 Å². The van der Waals surface area contributed by atoms with Gasteiger partial charge in [-0.2, -0.15) is 0 Å². The lowest BCUT2D eigenvalue weighted by atomic mass is 10.0. The Kier molecular flexibility index (Phi) is 4.00. The van der Waals surface area contributed by atoms with Gasteiger partial charge < -0.3 is 10.1 Å². The van der Waals surface area contributed by atoms with Crippen LogP contribution in [0.5, 0.6) is 0 Å². The van der Waals surface area contributed by atoms with Gasteiger partial charge in [-0.25, -0.2) is 19.3 Å². The standard InChI is InChI=1S/C17H16N4O2S/c22-17(21-10-9-18-11-21)23-14-8-4-7-13-15(14)24-16(20-13)19-12-5-2-1-3-6-12/h1-3,5-6,9-11,14H,4,7-8H2,(H,19,20). The van der Waals surface area contributed by atoms with Gasteiger partial charge in [0.25, 0.3) is 0 Å². The molecule has 1 unspecified atom stereocenters. The number of nitrogens with one attached hydrogen (secondary N) is 1. The van der Waals surface area contributed by atoms with Crippen LogP contribution in [0.3, 0.4) is 0 Å². The highest BCUT2D eigenvalue weighted by Crippen LogP contribution is 2.39. The quantitative estimate of drug-likeness (QED) is 0.776. The Morgan fingerprint density at radius 1 is 1.33 bits per heavy atom. The van der Waals surface area contributed by atoms with Crippen molar-refractivity contribution in [3.05, 3.63) is 59.6 Å². The zero-order chi connectivity index (χ0) is 16.4. The molecule has 1 N–H and O–H groups in total. The summed E-state index contributed by atoms with van der Waals surface area (Å²) in [6, 6.07) is 9.93. The molecule has 0 saturated carbocycles. The third kappa shape index (κ3) is 3.03. The summed E-state index contributed by atoms with van der Waals surface area (Å²) in [7, 11) is 0. The zero-order valence-corrected chi connectivity index (χ0v) is 13.7. The molecule has 4 rings (SSSR count). The molecule has 1 atom stereocenters. The van der Waals surface area contributed by atoms with Crippen LogP contribution in [-0.4, -0.2) is 20.6 Å². The van der Waals surface area contributed by atoms with Gasteiger partial charge in [-0.15, -0.1) is 0 Å². The van der Waals surface area contributed by atoms with E-state index in [0.29, 0.717) is 0 Å². The van der Waals surface area contributed by atoms with Crippen LogP contribution in [0.25, 0.3) is 0 Å². The van der Waals surface area contributed by atoms with Gasteiger partial charge in [0.1, 0.15) is 12.4 Å². The molecule has 3 aromatic rings. The van der Waals surface area contributed by atoms with E-state index in [2.05, 4.69) is 15.3 Å². The molecule has 6 nitrogen and oxygen atoms in total. The van der Waals surface area contributed by atoms with Crippen LogP contribution in [-0.2, 0) is 11.2 Å². The first-order valence-electron chi connectivity index (χ1n) is 7.80. The summed E-state index contributed by atoms with van der Waals surface area (Å²) in [6.07, 6.45) is 6.64. The van der Waals surface area contributed by atoms with Gasteiger partial charge in [-0.3, -0.25) is 0 Å². The fourth-order valence-corrected chi connectivity index (χ4v) is 3.84. The van der Waals surface area contributed by atoms with E-state index in [1.807, 2.05) is 30.3 Å². The van der Waals surface area contributed by atoms with Crippen LogP contribution in [0, 0.1) is 0 Å². The molecule has 0 radical (unpaired) electrons. The molecule has 24 heavy (non-hydrogen) atoms. The fourth-order valence-electron chi connectivity index (χ4n) is 2.74.